The van der Waals surface area contributed by atoms with E-state index in [4.69, 9.17) is 9.47 Å². The lowest BCUT2D eigenvalue weighted by Crippen LogP contribution is -2.34. The highest BCUT2D eigenvalue weighted by atomic mass is 16.7. The average molecular weight is 260 g/mol. The van der Waals surface area contributed by atoms with Crippen LogP contribution in [0.5, 0.6) is 0 Å². The molecule has 3 rings (SSSR count). The van der Waals surface area contributed by atoms with Crippen molar-refractivity contribution in [1.29, 1.82) is 0 Å². The maximum Gasteiger partial charge on any atom is 0.168 e. The average Bonchev–Trinajstić information content (AvgIpc) is 2.88. The highest BCUT2D eigenvalue weighted by Gasteiger charge is 2.40. The molecular weight excluding hydrogens is 236 g/mol. The van der Waals surface area contributed by atoms with E-state index in [9.17, 15) is 0 Å². The molecule has 1 aliphatic heterocycles. The van der Waals surface area contributed by atoms with E-state index < -0.39 is 0 Å². The van der Waals surface area contributed by atoms with Gasteiger partial charge in [0.25, 0.3) is 0 Å². The van der Waals surface area contributed by atoms with E-state index in [2.05, 4.69) is 38.1 Å². The molecule has 19 heavy (non-hydrogen) atoms. The summed E-state index contributed by atoms with van der Waals surface area (Å²) in [5.74, 6) is 1.06. The maximum atomic E-state index is 5.81. The monoisotopic (exact) mass is 260 g/mol. The summed E-state index contributed by atoms with van der Waals surface area (Å²) < 4.78 is 11.6. The van der Waals surface area contributed by atoms with Gasteiger partial charge in [-0.3, -0.25) is 0 Å². The molecule has 104 valence electrons. The Morgan fingerprint density at radius 3 is 2.42 bits per heavy atom. The zero-order valence-corrected chi connectivity index (χ0v) is 12.0. The first-order valence-electron chi connectivity index (χ1n) is 7.56. The van der Waals surface area contributed by atoms with Crippen LogP contribution >= 0.6 is 0 Å². The molecule has 0 radical (unpaired) electrons. The summed E-state index contributed by atoms with van der Waals surface area (Å²) in [4.78, 5) is 0. The van der Waals surface area contributed by atoms with Gasteiger partial charge in [0, 0.05) is 12.8 Å². The van der Waals surface area contributed by atoms with Crippen LogP contribution in [-0.2, 0) is 9.47 Å². The highest BCUT2D eigenvalue weighted by molar-refractivity contribution is 5.28. The van der Waals surface area contributed by atoms with Gasteiger partial charge in [0.05, 0.1) is 13.2 Å². The molecule has 1 saturated heterocycles. The van der Waals surface area contributed by atoms with Gasteiger partial charge >= 0.3 is 0 Å². The van der Waals surface area contributed by atoms with Gasteiger partial charge in [-0.25, -0.2) is 0 Å². The molecule has 0 unspecified atom stereocenters. The summed E-state index contributed by atoms with van der Waals surface area (Å²) in [5.41, 5.74) is 2.95. The standard InChI is InChI=1S/C17H24O2/c1-13(2)15-4-3-5-16(12-15)14-6-8-17(9-7-14)18-10-11-19-17/h3-5,12-14H,6-11H2,1-2H3. The Bertz CT molecular complexity index is 423. The lowest BCUT2D eigenvalue weighted by atomic mass is 9.80. The SMILES string of the molecule is CC(C)c1cccc(C2CCC3(CC2)OCCO3)c1. The van der Waals surface area contributed by atoms with E-state index in [0.717, 1.165) is 26.1 Å². The number of benzene rings is 1. The summed E-state index contributed by atoms with van der Waals surface area (Å²) in [5, 5.41) is 0. The van der Waals surface area contributed by atoms with Gasteiger partial charge in [0.1, 0.15) is 0 Å². The Labute approximate surface area is 116 Å². The first kappa shape index (κ1) is 13.1. The topological polar surface area (TPSA) is 18.5 Å². The summed E-state index contributed by atoms with van der Waals surface area (Å²) in [7, 11) is 0. The van der Waals surface area contributed by atoms with Crippen LogP contribution in [0.2, 0.25) is 0 Å². The van der Waals surface area contributed by atoms with Crippen LogP contribution < -0.4 is 0 Å². The zero-order valence-electron chi connectivity index (χ0n) is 12.0. The van der Waals surface area contributed by atoms with Crippen LogP contribution in [0.15, 0.2) is 24.3 Å². The zero-order chi connectivity index (χ0) is 13.3. The Hall–Kier alpha value is -0.860. The molecule has 0 aromatic heterocycles. The molecule has 0 N–H and O–H groups in total. The van der Waals surface area contributed by atoms with Gasteiger partial charge in [-0.05, 0) is 35.8 Å². The molecule has 2 fully saturated rings. The van der Waals surface area contributed by atoms with Crippen molar-refractivity contribution >= 4 is 0 Å². The second kappa shape index (κ2) is 5.26. The van der Waals surface area contributed by atoms with Crippen LogP contribution in [0.1, 0.15) is 62.5 Å². The largest absolute Gasteiger partial charge is 0.348 e. The summed E-state index contributed by atoms with van der Waals surface area (Å²) in [6.45, 7) is 6.06. The normalized spacial score (nSPS) is 23.3. The van der Waals surface area contributed by atoms with Crippen LogP contribution in [0, 0.1) is 0 Å². The van der Waals surface area contributed by atoms with Gasteiger partial charge in [0.15, 0.2) is 5.79 Å². The molecule has 1 heterocycles. The highest BCUT2D eigenvalue weighted by Crippen LogP contribution is 2.42. The first-order valence-corrected chi connectivity index (χ1v) is 7.56. The predicted octanol–water partition coefficient (Wildman–Crippen LogP) is 4.21. The number of hydrogen-bond acceptors (Lipinski definition) is 2. The third-order valence-corrected chi connectivity index (χ3v) is 4.61. The summed E-state index contributed by atoms with van der Waals surface area (Å²) in [6, 6.07) is 9.12. The minimum Gasteiger partial charge on any atom is -0.348 e. The molecule has 1 aromatic carbocycles. The second-order valence-corrected chi connectivity index (χ2v) is 6.21. The third kappa shape index (κ3) is 2.70. The van der Waals surface area contributed by atoms with E-state index in [0.29, 0.717) is 11.8 Å². The van der Waals surface area contributed by atoms with E-state index >= 15 is 0 Å². The van der Waals surface area contributed by atoms with Gasteiger partial charge in [-0.15, -0.1) is 0 Å². The minimum absolute atomic E-state index is 0.230. The minimum atomic E-state index is -0.230. The number of rotatable bonds is 2. The smallest absolute Gasteiger partial charge is 0.168 e. The number of hydrogen-bond donors (Lipinski definition) is 0. The quantitative estimate of drug-likeness (QED) is 0.793. The Morgan fingerprint density at radius 2 is 1.79 bits per heavy atom. The first-order chi connectivity index (χ1) is 9.19. The molecule has 0 atom stereocenters. The fourth-order valence-electron chi connectivity index (χ4n) is 3.35. The second-order valence-electron chi connectivity index (χ2n) is 6.21. The Kier molecular flexibility index (Phi) is 3.64. The van der Waals surface area contributed by atoms with Crippen molar-refractivity contribution in [3.63, 3.8) is 0 Å². The summed E-state index contributed by atoms with van der Waals surface area (Å²) in [6.07, 6.45) is 4.45. The lowest BCUT2D eigenvalue weighted by molar-refractivity contribution is -0.178. The van der Waals surface area contributed by atoms with Crippen molar-refractivity contribution in [2.45, 2.75) is 57.2 Å². The van der Waals surface area contributed by atoms with E-state index in [-0.39, 0.29) is 5.79 Å². The molecule has 1 aliphatic carbocycles. The van der Waals surface area contributed by atoms with Crippen molar-refractivity contribution in [3.8, 4) is 0 Å². The van der Waals surface area contributed by atoms with Gasteiger partial charge in [-0.2, -0.15) is 0 Å². The van der Waals surface area contributed by atoms with Crippen LogP contribution in [0.25, 0.3) is 0 Å². The van der Waals surface area contributed by atoms with Gasteiger partial charge in [0.2, 0.25) is 0 Å². The van der Waals surface area contributed by atoms with E-state index in [1.807, 2.05) is 0 Å². The molecule has 2 heteroatoms. The van der Waals surface area contributed by atoms with Crippen LogP contribution in [0.4, 0.5) is 0 Å². The van der Waals surface area contributed by atoms with Gasteiger partial charge in [-0.1, -0.05) is 38.1 Å². The Morgan fingerprint density at radius 1 is 1.11 bits per heavy atom. The molecule has 2 aliphatic rings. The number of ether oxygens (including phenoxy) is 2. The van der Waals surface area contributed by atoms with Crippen molar-refractivity contribution in [3.05, 3.63) is 35.4 Å². The van der Waals surface area contributed by atoms with Crippen molar-refractivity contribution in [1.82, 2.24) is 0 Å². The lowest BCUT2D eigenvalue weighted by Gasteiger charge is -2.35. The Balaban J connectivity index is 1.69. The third-order valence-electron chi connectivity index (χ3n) is 4.61. The van der Waals surface area contributed by atoms with Crippen molar-refractivity contribution < 1.29 is 9.47 Å². The fraction of sp³-hybridized carbons (Fsp3) is 0.647. The van der Waals surface area contributed by atoms with Gasteiger partial charge < -0.3 is 9.47 Å². The predicted molar refractivity (Wildman–Crippen MR) is 76.4 cm³/mol. The van der Waals surface area contributed by atoms with Crippen molar-refractivity contribution in [2.75, 3.05) is 13.2 Å². The van der Waals surface area contributed by atoms with E-state index in [1.54, 1.807) is 0 Å². The molecule has 1 saturated carbocycles. The molecular formula is C17H24O2. The molecule has 1 aromatic rings. The van der Waals surface area contributed by atoms with Crippen LogP contribution in [-0.4, -0.2) is 19.0 Å². The summed E-state index contributed by atoms with van der Waals surface area (Å²) >= 11 is 0. The van der Waals surface area contributed by atoms with Crippen molar-refractivity contribution in [2.24, 2.45) is 0 Å². The molecule has 2 nitrogen and oxygen atoms in total. The molecule has 0 bridgehead atoms. The van der Waals surface area contributed by atoms with E-state index in [1.165, 1.54) is 24.0 Å². The molecule has 1 spiro atoms. The van der Waals surface area contributed by atoms with Crippen LogP contribution in [0.3, 0.4) is 0 Å². The molecule has 0 amide bonds. The maximum absolute atomic E-state index is 5.81. The fourth-order valence-corrected chi connectivity index (χ4v) is 3.35.